The van der Waals surface area contributed by atoms with Gasteiger partial charge in [-0.05, 0) is 84.7 Å². The lowest BCUT2D eigenvalue weighted by Crippen LogP contribution is -2.34. The minimum absolute atomic E-state index is 0.161. The summed E-state index contributed by atoms with van der Waals surface area (Å²) in [4.78, 5) is 40.7. The number of methoxy groups -OCH3 is 4. The summed E-state index contributed by atoms with van der Waals surface area (Å²) in [5.74, 6) is 3.25. The number of benzene rings is 4. The van der Waals surface area contributed by atoms with Gasteiger partial charge in [-0.3, -0.25) is 19.4 Å². The Labute approximate surface area is 332 Å². The lowest BCUT2D eigenvalue weighted by molar-refractivity contribution is -0.123. The monoisotopic (exact) mass is 854 g/mol. The fraction of sp³-hybridized carbons (Fsp3) is 0.238. The van der Waals surface area contributed by atoms with Gasteiger partial charge in [0.15, 0.2) is 23.0 Å². The molecule has 0 saturated carbocycles. The van der Waals surface area contributed by atoms with Crippen LogP contribution in [-0.4, -0.2) is 74.8 Å². The van der Waals surface area contributed by atoms with Gasteiger partial charge in [-0.25, -0.2) is 9.98 Å². The maximum atomic E-state index is 13.8. The molecule has 6 rings (SSSR count). The fourth-order valence-electron chi connectivity index (χ4n) is 6.31. The molecule has 0 fully saturated rings. The van der Waals surface area contributed by atoms with Crippen molar-refractivity contribution in [3.8, 4) is 23.0 Å². The average molecular weight is 857 g/mol. The molecular formula is C42H40Br2N4O6. The number of unbranched alkanes of at least 4 members (excludes halogenated alkanes) is 3. The molecule has 0 unspecified atom stereocenters. The summed E-state index contributed by atoms with van der Waals surface area (Å²) in [7, 11) is 6.32. The van der Waals surface area contributed by atoms with Crippen LogP contribution in [0.5, 0.6) is 23.0 Å². The lowest BCUT2D eigenvalue weighted by atomic mass is 10.1. The summed E-state index contributed by atoms with van der Waals surface area (Å²) in [5.41, 5.74) is 3.94. The number of rotatable bonds is 15. The zero-order valence-electron chi connectivity index (χ0n) is 30.5. The largest absolute Gasteiger partial charge is 0.493 e. The molecular weight excluding hydrogens is 816 g/mol. The van der Waals surface area contributed by atoms with Gasteiger partial charge < -0.3 is 18.9 Å². The molecule has 2 aliphatic heterocycles. The SMILES string of the molecule is COc1ccc(C=C2N=C(c3cccc(Br)c3)N(CCCCCCN3C(=O)C(=Cc4ccc(OC)c(OC)c4)N=C3c3cccc(Br)c3)C2=O)cc1OC. The van der Waals surface area contributed by atoms with Crippen molar-refractivity contribution in [2.45, 2.75) is 25.7 Å². The number of aliphatic imine (C=N–C) groups is 2. The van der Waals surface area contributed by atoms with E-state index in [9.17, 15) is 9.59 Å². The molecule has 2 aliphatic rings. The number of amidine groups is 2. The third-order valence-electron chi connectivity index (χ3n) is 8.99. The second-order valence-electron chi connectivity index (χ2n) is 12.5. The van der Waals surface area contributed by atoms with E-state index in [2.05, 4.69) is 31.9 Å². The third kappa shape index (κ3) is 8.77. The summed E-state index contributed by atoms with van der Waals surface area (Å²) in [6.07, 6.45) is 6.76. The van der Waals surface area contributed by atoms with E-state index in [-0.39, 0.29) is 11.8 Å². The third-order valence-corrected chi connectivity index (χ3v) is 9.98. The van der Waals surface area contributed by atoms with Crippen LogP contribution >= 0.6 is 31.9 Å². The molecule has 2 amide bonds. The highest BCUT2D eigenvalue weighted by molar-refractivity contribution is 9.10. The minimum Gasteiger partial charge on any atom is -0.493 e. The average Bonchev–Trinajstić information content (AvgIpc) is 3.66. The van der Waals surface area contributed by atoms with Crippen molar-refractivity contribution in [3.63, 3.8) is 0 Å². The summed E-state index contributed by atoms with van der Waals surface area (Å²) >= 11 is 7.12. The van der Waals surface area contributed by atoms with Crippen LogP contribution in [0.4, 0.5) is 0 Å². The van der Waals surface area contributed by atoms with Crippen molar-refractivity contribution in [2.24, 2.45) is 9.98 Å². The van der Waals surface area contributed by atoms with Crippen LogP contribution in [0.2, 0.25) is 0 Å². The Morgan fingerprint density at radius 3 is 1.31 bits per heavy atom. The second kappa shape index (κ2) is 17.7. The molecule has 0 N–H and O–H groups in total. The van der Waals surface area contributed by atoms with E-state index in [0.717, 1.165) is 56.9 Å². The number of nitrogens with zero attached hydrogens (tertiary/aromatic N) is 4. The highest BCUT2D eigenvalue weighted by atomic mass is 79.9. The van der Waals surface area contributed by atoms with Gasteiger partial charge in [-0.2, -0.15) is 0 Å². The number of ether oxygens (including phenoxy) is 4. The van der Waals surface area contributed by atoms with Crippen LogP contribution in [0.15, 0.2) is 115 Å². The molecule has 0 radical (unpaired) electrons. The molecule has 278 valence electrons. The predicted octanol–water partition coefficient (Wildman–Crippen LogP) is 8.77. The van der Waals surface area contributed by atoms with E-state index < -0.39 is 0 Å². The van der Waals surface area contributed by atoms with Crippen molar-refractivity contribution in [1.82, 2.24) is 9.80 Å². The highest BCUT2D eigenvalue weighted by Crippen LogP contribution is 2.32. The summed E-state index contributed by atoms with van der Waals surface area (Å²) in [6.45, 7) is 0.998. The van der Waals surface area contributed by atoms with E-state index in [4.69, 9.17) is 28.9 Å². The van der Waals surface area contributed by atoms with Gasteiger partial charge in [-0.1, -0.05) is 81.1 Å². The number of carbonyl (C=O) groups excluding carboxylic acids is 2. The van der Waals surface area contributed by atoms with Gasteiger partial charge in [0.05, 0.1) is 28.4 Å². The smallest absolute Gasteiger partial charge is 0.278 e. The first kappa shape index (κ1) is 38.5. The molecule has 0 saturated heterocycles. The van der Waals surface area contributed by atoms with Crippen LogP contribution < -0.4 is 18.9 Å². The van der Waals surface area contributed by atoms with Gasteiger partial charge >= 0.3 is 0 Å². The Morgan fingerprint density at radius 1 is 0.537 bits per heavy atom. The molecule has 54 heavy (non-hydrogen) atoms. The molecule has 0 atom stereocenters. The van der Waals surface area contributed by atoms with Crippen LogP contribution in [0.1, 0.15) is 47.9 Å². The maximum Gasteiger partial charge on any atom is 0.278 e. The van der Waals surface area contributed by atoms with Crippen molar-refractivity contribution in [1.29, 1.82) is 0 Å². The van der Waals surface area contributed by atoms with Gasteiger partial charge in [0.1, 0.15) is 23.1 Å². The van der Waals surface area contributed by atoms with Crippen molar-refractivity contribution >= 4 is 67.5 Å². The van der Waals surface area contributed by atoms with Crippen LogP contribution in [0.25, 0.3) is 12.2 Å². The lowest BCUT2D eigenvalue weighted by Gasteiger charge is -2.20. The van der Waals surface area contributed by atoms with E-state index in [1.807, 2.05) is 72.8 Å². The molecule has 0 aliphatic carbocycles. The molecule has 12 heteroatoms. The van der Waals surface area contributed by atoms with Crippen LogP contribution in [0.3, 0.4) is 0 Å². The molecule has 10 nitrogen and oxygen atoms in total. The van der Waals surface area contributed by atoms with E-state index in [1.165, 1.54) is 0 Å². The maximum absolute atomic E-state index is 13.8. The molecule has 4 aromatic rings. The Kier molecular flexibility index (Phi) is 12.7. The van der Waals surface area contributed by atoms with Crippen LogP contribution in [-0.2, 0) is 9.59 Å². The highest BCUT2D eigenvalue weighted by Gasteiger charge is 2.32. The van der Waals surface area contributed by atoms with E-state index >= 15 is 0 Å². The molecule has 2 heterocycles. The quantitative estimate of drug-likeness (QED) is 0.0876. The zero-order valence-corrected chi connectivity index (χ0v) is 33.6. The van der Waals surface area contributed by atoms with Crippen molar-refractivity contribution in [2.75, 3.05) is 41.5 Å². The van der Waals surface area contributed by atoms with Gasteiger partial charge in [0.2, 0.25) is 0 Å². The minimum atomic E-state index is -0.161. The number of hydrogen-bond acceptors (Lipinski definition) is 8. The molecule has 0 aromatic heterocycles. The number of hydrogen-bond donors (Lipinski definition) is 0. The Balaban J connectivity index is 1.13. The summed E-state index contributed by atoms with van der Waals surface area (Å²) < 4.78 is 23.5. The number of halogens is 2. The first-order valence-corrected chi connectivity index (χ1v) is 19.0. The summed E-state index contributed by atoms with van der Waals surface area (Å²) in [6, 6.07) is 26.6. The predicted molar refractivity (Wildman–Crippen MR) is 218 cm³/mol. The molecule has 0 bridgehead atoms. The Hall–Kier alpha value is -5.20. The zero-order chi connectivity index (χ0) is 38.2. The first-order chi connectivity index (χ1) is 26.2. The van der Waals surface area contributed by atoms with Gasteiger partial charge in [0, 0.05) is 33.2 Å². The fourth-order valence-corrected chi connectivity index (χ4v) is 7.11. The normalized spacial score (nSPS) is 15.6. The standard InChI is InChI=1S/C42H40Br2N4O6/c1-51-35-17-15-27(23-37(35)53-3)21-33-41(49)47(39(45-33)29-11-9-13-31(43)25-29)19-7-5-6-8-20-48-40(30-12-10-14-32(44)26-30)46-34(42(48)50)22-28-16-18-36(52-2)38(24-28)54-4/h9-18,21-26H,5-8,19-20H2,1-4H3. The Morgan fingerprint density at radius 2 is 0.944 bits per heavy atom. The number of carbonyl (C=O) groups is 2. The molecule has 0 spiro atoms. The van der Waals surface area contributed by atoms with Crippen molar-refractivity contribution in [3.05, 3.63) is 128 Å². The second-order valence-corrected chi connectivity index (χ2v) is 14.3. The Bertz CT molecular complexity index is 2030. The van der Waals surface area contributed by atoms with E-state index in [1.54, 1.807) is 62.5 Å². The topological polar surface area (TPSA) is 102 Å². The molecule has 4 aromatic carbocycles. The van der Waals surface area contributed by atoms with Crippen LogP contribution in [0, 0.1) is 0 Å². The number of amides is 2. The van der Waals surface area contributed by atoms with Crippen molar-refractivity contribution < 1.29 is 28.5 Å². The van der Waals surface area contributed by atoms with Gasteiger partial charge in [0.25, 0.3) is 11.8 Å². The summed E-state index contributed by atoms with van der Waals surface area (Å²) in [5, 5.41) is 0. The first-order valence-electron chi connectivity index (χ1n) is 17.4. The van der Waals surface area contributed by atoms with E-state index in [0.29, 0.717) is 59.2 Å². The van der Waals surface area contributed by atoms with Gasteiger partial charge in [-0.15, -0.1) is 0 Å².